The molecule has 0 atom stereocenters. The van der Waals surface area contributed by atoms with Crippen molar-refractivity contribution in [3.63, 3.8) is 0 Å². The Kier molecular flexibility index (Phi) is 4.24. The second-order valence-corrected chi connectivity index (χ2v) is 6.94. The van der Waals surface area contributed by atoms with Crippen LogP contribution in [-0.4, -0.2) is 46.7 Å². The fourth-order valence-electron chi connectivity index (χ4n) is 3.67. The van der Waals surface area contributed by atoms with Crippen molar-refractivity contribution in [2.45, 2.75) is 18.9 Å². The molecule has 3 amide bonds. The third-order valence-electron chi connectivity index (χ3n) is 5.05. The Morgan fingerprint density at radius 1 is 0.885 bits per heavy atom. The largest absolute Gasteiger partial charge is 0.338 e. The van der Waals surface area contributed by atoms with E-state index < -0.39 is 0 Å². The zero-order valence-corrected chi connectivity index (χ0v) is 14.8. The van der Waals surface area contributed by atoms with Gasteiger partial charge in [0.2, 0.25) is 0 Å². The fourth-order valence-corrected chi connectivity index (χ4v) is 3.89. The first kappa shape index (κ1) is 16.8. The van der Waals surface area contributed by atoms with Gasteiger partial charge >= 0.3 is 0 Å². The number of fused-ring (bicyclic) bond motifs is 1. The molecule has 0 spiro atoms. The predicted octanol–water partition coefficient (Wildman–Crippen LogP) is 3.24. The van der Waals surface area contributed by atoms with E-state index in [1.54, 1.807) is 53.4 Å². The number of carbonyl (C=O) groups excluding carboxylic acids is 3. The maximum Gasteiger partial charge on any atom is 0.261 e. The van der Waals surface area contributed by atoms with Crippen LogP contribution < -0.4 is 0 Å². The molecule has 2 aliphatic rings. The molecule has 2 aromatic carbocycles. The van der Waals surface area contributed by atoms with Crippen molar-refractivity contribution in [3.05, 3.63) is 70.2 Å². The molecule has 132 valence electrons. The summed E-state index contributed by atoms with van der Waals surface area (Å²) < 4.78 is 0. The predicted molar refractivity (Wildman–Crippen MR) is 97.3 cm³/mol. The van der Waals surface area contributed by atoms with Crippen molar-refractivity contribution >= 4 is 29.3 Å². The van der Waals surface area contributed by atoms with E-state index in [9.17, 15) is 14.4 Å². The number of piperidine rings is 1. The molecule has 6 heteroatoms. The van der Waals surface area contributed by atoms with E-state index in [1.807, 2.05) is 0 Å². The van der Waals surface area contributed by atoms with Gasteiger partial charge in [-0.1, -0.05) is 35.9 Å². The number of imide groups is 1. The van der Waals surface area contributed by atoms with Gasteiger partial charge in [-0.25, -0.2) is 0 Å². The maximum absolute atomic E-state index is 12.6. The Bertz CT molecular complexity index is 868. The summed E-state index contributed by atoms with van der Waals surface area (Å²) in [6.07, 6.45) is 1.14. The Morgan fingerprint density at radius 2 is 1.42 bits per heavy atom. The van der Waals surface area contributed by atoms with E-state index >= 15 is 0 Å². The number of carbonyl (C=O) groups is 3. The molecule has 0 radical (unpaired) electrons. The van der Waals surface area contributed by atoms with E-state index in [4.69, 9.17) is 11.6 Å². The minimum Gasteiger partial charge on any atom is -0.338 e. The summed E-state index contributed by atoms with van der Waals surface area (Å²) in [5, 5.41) is 0.431. The number of rotatable bonds is 2. The van der Waals surface area contributed by atoms with Gasteiger partial charge in [-0.15, -0.1) is 0 Å². The molecule has 0 aliphatic carbocycles. The molecule has 0 bridgehead atoms. The third kappa shape index (κ3) is 2.69. The van der Waals surface area contributed by atoms with Crippen molar-refractivity contribution in [1.82, 2.24) is 9.80 Å². The van der Waals surface area contributed by atoms with E-state index in [-0.39, 0.29) is 23.8 Å². The summed E-state index contributed by atoms with van der Waals surface area (Å²) >= 11 is 6.12. The minimum atomic E-state index is -0.235. The summed E-state index contributed by atoms with van der Waals surface area (Å²) in [5.41, 5.74) is 1.41. The van der Waals surface area contributed by atoms with Crippen molar-refractivity contribution < 1.29 is 14.4 Å². The zero-order chi connectivity index (χ0) is 18.3. The lowest BCUT2D eigenvalue weighted by molar-refractivity contribution is 0.0479. The zero-order valence-electron chi connectivity index (χ0n) is 14.0. The third-order valence-corrected chi connectivity index (χ3v) is 5.38. The summed E-state index contributed by atoms with van der Waals surface area (Å²) in [6.45, 7) is 0.976. The van der Waals surface area contributed by atoms with Gasteiger partial charge < -0.3 is 4.90 Å². The van der Waals surface area contributed by atoms with Gasteiger partial charge in [0.05, 0.1) is 21.7 Å². The number of hydrogen-bond acceptors (Lipinski definition) is 3. The molecule has 0 N–H and O–H groups in total. The standard InChI is InChI=1S/C20H17ClN2O3/c21-17-8-4-3-7-16(17)18(24)22-11-9-13(10-12-22)23-19(25)14-5-1-2-6-15(14)20(23)26/h1-8,13H,9-12H2. The fraction of sp³-hybridized carbons (Fsp3) is 0.250. The molecular weight excluding hydrogens is 352 g/mol. The summed E-state index contributed by atoms with van der Waals surface area (Å²) in [4.78, 5) is 40.9. The van der Waals surface area contributed by atoms with Crippen LogP contribution in [0.25, 0.3) is 0 Å². The Morgan fingerprint density at radius 3 is 2.00 bits per heavy atom. The number of nitrogens with zero attached hydrogens (tertiary/aromatic N) is 2. The van der Waals surface area contributed by atoms with Crippen molar-refractivity contribution in [2.75, 3.05) is 13.1 Å². The summed E-state index contributed by atoms with van der Waals surface area (Å²) in [7, 11) is 0. The first-order chi connectivity index (χ1) is 12.6. The number of likely N-dealkylation sites (tertiary alicyclic amines) is 1. The molecule has 1 fully saturated rings. The number of hydrogen-bond donors (Lipinski definition) is 0. The highest BCUT2D eigenvalue weighted by Crippen LogP contribution is 2.29. The van der Waals surface area contributed by atoms with Crippen LogP contribution in [0.3, 0.4) is 0 Å². The van der Waals surface area contributed by atoms with Crippen LogP contribution >= 0.6 is 11.6 Å². The molecule has 0 aromatic heterocycles. The van der Waals surface area contributed by atoms with Crippen LogP contribution in [0.4, 0.5) is 0 Å². The minimum absolute atomic E-state index is 0.114. The van der Waals surface area contributed by atoms with Crippen LogP contribution in [0.5, 0.6) is 0 Å². The highest BCUT2D eigenvalue weighted by Gasteiger charge is 2.41. The first-order valence-corrected chi connectivity index (χ1v) is 8.96. The monoisotopic (exact) mass is 368 g/mol. The van der Waals surface area contributed by atoms with Crippen molar-refractivity contribution in [2.24, 2.45) is 0 Å². The molecule has 0 unspecified atom stereocenters. The van der Waals surface area contributed by atoms with Crippen LogP contribution in [0.2, 0.25) is 5.02 Å². The molecule has 2 aromatic rings. The average Bonchev–Trinajstić information content (AvgIpc) is 2.93. The first-order valence-electron chi connectivity index (χ1n) is 8.58. The quantitative estimate of drug-likeness (QED) is 0.764. The lowest BCUT2D eigenvalue weighted by Gasteiger charge is -2.35. The lowest BCUT2D eigenvalue weighted by atomic mass is 10.0. The van der Waals surface area contributed by atoms with Crippen LogP contribution in [-0.2, 0) is 0 Å². The van der Waals surface area contributed by atoms with E-state index in [0.29, 0.717) is 47.6 Å². The second kappa shape index (κ2) is 6.57. The van der Waals surface area contributed by atoms with Gasteiger partial charge in [-0.2, -0.15) is 0 Å². The molecule has 4 rings (SSSR count). The number of halogens is 1. The van der Waals surface area contributed by atoms with E-state index in [1.165, 1.54) is 4.90 Å². The van der Waals surface area contributed by atoms with Crippen LogP contribution in [0, 0.1) is 0 Å². The lowest BCUT2D eigenvalue weighted by Crippen LogP contribution is -2.48. The Labute approximate surface area is 156 Å². The molecule has 2 aliphatic heterocycles. The van der Waals surface area contributed by atoms with Gasteiger partial charge in [-0.3, -0.25) is 19.3 Å². The smallest absolute Gasteiger partial charge is 0.261 e. The van der Waals surface area contributed by atoms with Gasteiger partial charge in [0, 0.05) is 19.1 Å². The van der Waals surface area contributed by atoms with Gasteiger partial charge in [0.25, 0.3) is 17.7 Å². The molecule has 1 saturated heterocycles. The van der Waals surface area contributed by atoms with Crippen molar-refractivity contribution in [3.8, 4) is 0 Å². The maximum atomic E-state index is 12.6. The highest BCUT2D eigenvalue weighted by molar-refractivity contribution is 6.33. The molecule has 0 saturated carbocycles. The normalized spacial score (nSPS) is 17.6. The van der Waals surface area contributed by atoms with Crippen LogP contribution in [0.1, 0.15) is 43.9 Å². The van der Waals surface area contributed by atoms with Crippen molar-refractivity contribution in [1.29, 1.82) is 0 Å². The molecule has 5 nitrogen and oxygen atoms in total. The summed E-state index contributed by atoms with van der Waals surface area (Å²) in [6, 6.07) is 13.7. The Balaban J connectivity index is 1.46. The molecular formula is C20H17ClN2O3. The van der Waals surface area contributed by atoms with Gasteiger partial charge in [0.15, 0.2) is 0 Å². The number of amides is 3. The van der Waals surface area contributed by atoms with Gasteiger partial charge in [0.1, 0.15) is 0 Å². The molecule has 26 heavy (non-hydrogen) atoms. The topological polar surface area (TPSA) is 57.7 Å². The second-order valence-electron chi connectivity index (χ2n) is 6.53. The number of benzene rings is 2. The van der Waals surface area contributed by atoms with E-state index in [2.05, 4.69) is 0 Å². The Hall–Kier alpha value is -2.66. The SMILES string of the molecule is O=C(c1ccccc1Cl)N1CCC(N2C(=O)c3ccccc3C2=O)CC1. The van der Waals surface area contributed by atoms with Gasteiger partial charge in [-0.05, 0) is 37.1 Å². The summed E-state index contributed by atoms with van der Waals surface area (Å²) in [5.74, 6) is -0.584. The van der Waals surface area contributed by atoms with E-state index in [0.717, 1.165) is 0 Å². The van der Waals surface area contributed by atoms with Crippen LogP contribution in [0.15, 0.2) is 48.5 Å². The average molecular weight is 369 g/mol. The molecule has 2 heterocycles. The highest BCUT2D eigenvalue weighted by atomic mass is 35.5.